The van der Waals surface area contributed by atoms with Gasteiger partial charge in [-0.3, -0.25) is 4.99 Å². The molecule has 8 aromatic rings. The highest BCUT2D eigenvalue weighted by molar-refractivity contribution is 6.24. The van der Waals surface area contributed by atoms with Crippen molar-refractivity contribution < 1.29 is 4.42 Å². The molecule has 1 aliphatic heterocycles. The fraction of sp³-hybridized carbons (Fsp3) is 0.0408. The van der Waals surface area contributed by atoms with Crippen LogP contribution in [0.5, 0.6) is 0 Å². The number of allylic oxidation sites excluding steroid dienone is 2. The fourth-order valence-corrected chi connectivity index (χ4v) is 7.40. The number of aliphatic imine (C=N–C) groups is 1. The molecule has 0 N–H and O–H groups in total. The van der Waals surface area contributed by atoms with Crippen LogP contribution in [0.4, 0.5) is 17.1 Å². The van der Waals surface area contributed by atoms with Gasteiger partial charge in [-0.1, -0.05) is 140 Å². The van der Waals surface area contributed by atoms with Gasteiger partial charge in [-0.25, -0.2) is 0 Å². The van der Waals surface area contributed by atoms with Crippen LogP contribution in [0.1, 0.15) is 29.2 Å². The summed E-state index contributed by atoms with van der Waals surface area (Å²) in [6.45, 7) is 4.57. The van der Waals surface area contributed by atoms with Gasteiger partial charge >= 0.3 is 0 Å². The summed E-state index contributed by atoms with van der Waals surface area (Å²) >= 11 is 0. The zero-order chi connectivity index (χ0) is 34.9. The monoisotopic (exact) mass is 668 g/mol. The molecule has 0 bridgehead atoms. The Bertz CT molecular complexity index is 2600. The van der Waals surface area contributed by atoms with Gasteiger partial charge in [0, 0.05) is 39.5 Å². The maximum Gasteiger partial charge on any atom is 0.137 e. The Kier molecular flexibility index (Phi) is 8.15. The van der Waals surface area contributed by atoms with Crippen molar-refractivity contribution in [3.05, 3.63) is 217 Å². The van der Waals surface area contributed by atoms with Crippen LogP contribution in [0.3, 0.4) is 0 Å². The van der Waals surface area contributed by atoms with Crippen molar-refractivity contribution in [2.75, 3.05) is 4.90 Å². The molecule has 1 aliphatic rings. The van der Waals surface area contributed by atoms with Gasteiger partial charge in [0.2, 0.25) is 0 Å². The summed E-state index contributed by atoms with van der Waals surface area (Å²) in [4.78, 5) is 7.75. The minimum atomic E-state index is -0.167. The van der Waals surface area contributed by atoms with Crippen molar-refractivity contribution in [1.29, 1.82) is 0 Å². The first-order valence-corrected chi connectivity index (χ1v) is 17.7. The third-order valence-electron chi connectivity index (χ3n) is 9.88. The molecule has 2 heterocycles. The number of hydrogen-bond donors (Lipinski definition) is 0. The van der Waals surface area contributed by atoms with Crippen LogP contribution in [0.2, 0.25) is 0 Å². The maximum absolute atomic E-state index is 6.69. The quantitative estimate of drug-likeness (QED) is 0.158. The zero-order valence-corrected chi connectivity index (χ0v) is 28.7. The Labute approximate surface area is 304 Å². The number of furan rings is 1. The molecule has 0 amide bonds. The molecular weight excluding hydrogens is 633 g/mol. The molecule has 1 atom stereocenters. The van der Waals surface area contributed by atoms with E-state index < -0.39 is 0 Å². The Morgan fingerprint density at radius 1 is 0.538 bits per heavy atom. The molecule has 3 nitrogen and oxygen atoms in total. The van der Waals surface area contributed by atoms with Gasteiger partial charge in [0.15, 0.2) is 0 Å². The van der Waals surface area contributed by atoms with Crippen molar-refractivity contribution >= 4 is 50.3 Å². The molecule has 0 fully saturated rings. The number of nitrogens with zero attached hydrogens (tertiary/aromatic N) is 2. The second-order valence-electron chi connectivity index (χ2n) is 13.2. The van der Waals surface area contributed by atoms with Crippen molar-refractivity contribution in [1.82, 2.24) is 0 Å². The predicted molar refractivity (Wildman–Crippen MR) is 218 cm³/mol. The summed E-state index contributed by atoms with van der Waals surface area (Å²) in [5.41, 5.74) is 13.7. The van der Waals surface area contributed by atoms with Crippen LogP contribution in [0.15, 0.2) is 210 Å². The lowest BCUT2D eigenvalue weighted by Crippen LogP contribution is -2.09. The average Bonchev–Trinajstić information content (AvgIpc) is 3.49. The topological polar surface area (TPSA) is 28.7 Å². The van der Waals surface area contributed by atoms with Crippen LogP contribution < -0.4 is 4.90 Å². The third-order valence-corrected chi connectivity index (χ3v) is 9.88. The molecule has 0 spiro atoms. The van der Waals surface area contributed by atoms with Gasteiger partial charge in [0.1, 0.15) is 11.2 Å². The minimum absolute atomic E-state index is 0.167. The predicted octanol–water partition coefficient (Wildman–Crippen LogP) is 13.3. The molecule has 0 aliphatic carbocycles. The second-order valence-corrected chi connectivity index (χ2v) is 13.2. The zero-order valence-electron chi connectivity index (χ0n) is 28.7. The highest BCUT2D eigenvalue weighted by Gasteiger charge is 2.24. The average molecular weight is 669 g/mol. The summed E-state index contributed by atoms with van der Waals surface area (Å²) in [7, 11) is 0. The van der Waals surface area contributed by atoms with E-state index in [1.807, 2.05) is 6.07 Å². The van der Waals surface area contributed by atoms with Gasteiger partial charge in [-0.15, -0.1) is 0 Å². The molecule has 52 heavy (non-hydrogen) atoms. The Morgan fingerprint density at radius 2 is 1.15 bits per heavy atom. The molecule has 0 saturated heterocycles. The van der Waals surface area contributed by atoms with Crippen LogP contribution in [-0.4, -0.2) is 5.71 Å². The normalized spacial score (nSPS) is 14.5. The van der Waals surface area contributed by atoms with E-state index in [0.29, 0.717) is 0 Å². The number of hydrogen-bond acceptors (Lipinski definition) is 3. The first kappa shape index (κ1) is 31.3. The summed E-state index contributed by atoms with van der Waals surface area (Å²) < 4.78 is 6.69. The smallest absolute Gasteiger partial charge is 0.137 e. The van der Waals surface area contributed by atoms with Gasteiger partial charge < -0.3 is 9.32 Å². The SMILES string of the molecule is C=C1CC(c2ccccc2)=CC(c2cccc3oc4cc(N(c5ccccc5)c5cccc(-c6ccccc6)c5)ccc4c23)=NC1c1ccccc1. The molecular formula is C49H36N2O. The van der Waals surface area contributed by atoms with E-state index in [4.69, 9.17) is 9.41 Å². The molecule has 0 radical (unpaired) electrons. The molecule has 0 saturated carbocycles. The van der Waals surface area contributed by atoms with Gasteiger partial charge in [0.05, 0.1) is 11.8 Å². The summed E-state index contributed by atoms with van der Waals surface area (Å²) in [6, 6.07) is 63.5. The molecule has 248 valence electrons. The van der Waals surface area contributed by atoms with E-state index in [1.54, 1.807) is 0 Å². The first-order chi connectivity index (χ1) is 25.7. The van der Waals surface area contributed by atoms with Crippen LogP contribution in [0.25, 0.3) is 38.6 Å². The Morgan fingerprint density at radius 3 is 1.90 bits per heavy atom. The summed E-state index contributed by atoms with van der Waals surface area (Å²) in [6.07, 6.45) is 2.99. The van der Waals surface area contributed by atoms with E-state index in [9.17, 15) is 0 Å². The van der Waals surface area contributed by atoms with E-state index >= 15 is 0 Å². The van der Waals surface area contributed by atoms with Crippen molar-refractivity contribution in [2.24, 2.45) is 4.99 Å². The lowest BCUT2D eigenvalue weighted by atomic mass is 9.92. The highest BCUT2D eigenvalue weighted by atomic mass is 16.3. The van der Waals surface area contributed by atoms with E-state index in [-0.39, 0.29) is 6.04 Å². The van der Waals surface area contributed by atoms with Crippen molar-refractivity contribution in [3.63, 3.8) is 0 Å². The third kappa shape index (κ3) is 5.93. The standard InChI is InChI=1S/C49H36N2O/c1-34-30-39(36-18-8-3-9-19-36)32-45(50-49(34)37-20-10-4-11-21-37)43-26-15-27-46-48(43)44-29-28-42(33-47(44)52-46)51(40-23-12-5-13-24-40)41-25-14-22-38(31-41)35-16-6-2-7-17-35/h2-29,31-33,49H,1,30H2. The van der Waals surface area contributed by atoms with Gasteiger partial charge in [-0.05, 0) is 88.4 Å². The van der Waals surface area contributed by atoms with Crippen molar-refractivity contribution in [3.8, 4) is 11.1 Å². The molecule has 7 aromatic carbocycles. The Balaban J connectivity index is 1.20. The number of anilines is 3. The van der Waals surface area contributed by atoms with Gasteiger partial charge in [0.25, 0.3) is 0 Å². The molecule has 9 rings (SSSR count). The second kappa shape index (κ2) is 13.5. The number of para-hydroxylation sites is 1. The number of fused-ring (bicyclic) bond motifs is 3. The highest BCUT2D eigenvalue weighted by Crippen LogP contribution is 2.42. The van der Waals surface area contributed by atoms with Crippen LogP contribution in [0, 0.1) is 0 Å². The summed E-state index contributed by atoms with van der Waals surface area (Å²) in [5.74, 6) is 0. The lowest BCUT2D eigenvalue weighted by molar-refractivity contribution is 0.669. The minimum Gasteiger partial charge on any atom is -0.456 e. The molecule has 1 unspecified atom stereocenters. The van der Waals surface area contributed by atoms with Crippen LogP contribution in [-0.2, 0) is 0 Å². The lowest BCUT2D eigenvalue weighted by Gasteiger charge is -2.26. The molecule has 1 aromatic heterocycles. The fourth-order valence-electron chi connectivity index (χ4n) is 7.40. The number of benzene rings is 7. The Hall–Kier alpha value is -6.71. The van der Waals surface area contributed by atoms with E-state index in [0.717, 1.165) is 73.4 Å². The summed E-state index contributed by atoms with van der Waals surface area (Å²) in [5, 5.41) is 2.11. The van der Waals surface area contributed by atoms with Gasteiger partial charge in [-0.2, -0.15) is 0 Å². The van der Waals surface area contributed by atoms with Crippen molar-refractivity contribution in [2.45, 2.75) is 12.5 Å². The van der Waals surface area contributed by atoms with E-state index in [1.165, 1.54) is 16.7 Å². The molecule has 3 heteroatoms. The maximum atomic E-state index is 6.69. The first-order valence-electron chi connectivity index (χ1n) is 17.7. The largest absolute Gasteiger partial charge is 0.456 e. The van der Waals surface area contributed by atoms with Crippen LogP contribution >= 0.6 is 0 Å². The number of rotatable bonds is 7. The van der Waals surface area contributed by atoms with E-state index in [2.05, 4.69) is 193 Å².